The largest absolute Gasteiger partial charge is 0.453 e. The number of rotatable bonds is 10. The zero-order valence-electron chi connectivity index (χ0n) is 21.4. The minimum absolute atomic E-state index is 0.00432. The molecule has 2 aromatic rings. The van der Waals surface area contributed by atoms with E-state index < -0.39 is 29.4 Å². The van der Waals surface area contributed by atoms with E-state index in [1.54, 1.807) is 19.2 Å². The smallest absolute Gasteiger partial charge is 0.412 e. The van der Waals surface area contributed by atoms with Gasteiger partial charge in [-0.15, -0.1) is 0 Å². The van der Waals surface area contributed by atoms with Crippen molar-refractivity contribution in [3.05, 3.63) is 72.0 Å². The standard InChI is InChI=1S/C26H31F2N5O4/c1-7-16(12-21(29-4)17-8-10-30-23(13-17)33-25(35)36-5)18-14-22(20(28)15-19(18)27)32-24(34)31-11-9-26(2,3)37-6/h7-8,10,12-15H,1,9,11H2,2-6H3,(H,30,33,35)(H2,31,32,34)/b16-12+,29-21?. The number of ether oxygens (including phenoxy) is 2. The topological polar surface area (TPSA) is 114 Å². The fraction of sp³-hybridized carbons (Fsp3) is 0.308. The number of hydrogen-bond acceptors (Lipinski definition) is 6. The maximum Gasteiger partial charge on any atom is 0.412 e. The molecule has 0 aliphatic carbocycles. The number of anilines is 2. The summed E-state index contributed by atoms with van der Waals surface area (Å²) in [7, 11) is 4.33. The van der Waals surface area contributed by atoms with E-state index in [4.69, 9.17) is 4.74 Å². The van der Waals surface area contributed by atoms with Crippen molar-refractivity contribution in [2.75, 3.05) is 38.4 Å². The highest BCUT2D eigenvalue weighted by molar-refractivity contribution is 6.13. The quantitative estimate of drug-likeness (QED) is 0.299. The Balaban J connectivity index is 2.31. The van der Waals surface area contributed by atoms with Crippen molar-refractivity contribution >= 4 is 34.9 Å². The van der Waals surface area contributed by atoms with Gasteiger partial charge in [-0.25, -0.2) is 23.4 Å². The number of amides is 3. The highest BCUT2D eigenvalue weighted by Gasteiger charge is 2.18. The molecule has 0 bridgehead atoms. The van der Waals surface area contributed by atoms with Gasteiger partial charge in [0.15, 0.2) is 0 Å². The van der Waals surface area contributed by atoms with Gasteiger partial charge in [0.1, 0.15) is 17.5 Å². The number of pyridine rings is 1. The summed E-state index contributed by atoms with van der Waals surface area (Å²) < 4.78 is 39.1. The molecule has 1 aromatic heterocycles. The van der Waals surface area contributed by atoms with E-state index in [1.165, 1.54) is 38.6 Å². The van der Waals surface area contributed by atoms with Crippen LogP contribution in [0.5, 0.6) is 0 Å². The highest BCUT2D eigenvalue weighted by atomic mass is 19.1. The molecular weight excluding hydrogens is 484 g/mol. The average Bonchev–Trinajstić information content (AvgIpc) is 2.86. The summed E-state index contributed by atoms with van der Waals surface area (Å²) in [6.07, 6.45) is 4.22. The summed E-state index contributed by atoms with van der Waals surface area (Å²) in [4.78, 5) is 32.0. The number of urea groups is 1. The van der Waals surface area contributed by atoms with Gasteiger partial charge in [-0.1, -0.05) is 12.7 Å². The van der Waals surface area contributed by atoms with Gasteiger partial charge in [-0.05, 0) is 50.1 Å². The number of nitrogens with one attached hydrogen (secondary N) is 3. The summed E-state index contributed by atoms with van der Waals surface area (Å²) in [5.74, 6) is -1.57. The maximum atomic E-state index is 14.8. The number of halogens is 2. The molecule has 11 heteroatoms. The predicted molar refractivity (Wildman–Crippen MR) is 140 cm³/mol. The van der Waals surface area contributed by atoms with Crippen LogP contribution in [-0.2, 0) is 9.47 Å². The number of allylic oxidation sites excluding steroid dienone is 3. The molecule has 0 aliphatic rings. The zero-order chi connectivity index (χ0) is 27.6. The van der Waals surface area contributed by atoms with Gasteiger partial charge < -0.3 is 20.1 Å². The Morgan fingerprint density at radius 1 is 1.16 bits per heavy atom. The second kappa shape index (κ2) is 13.3. The Kier molecular flexibility index (Phi) is 10.4. The molecule has 0 radical (unpaired) electrons. The fourth-order valence-electron chi connectivity index (χ4n) is 3.10. The van der Waals surface area contributed by atoms with E-state index in [2.05, 4.69) is 37.2 Å². The molecule has 37 heavy (non-hydrogen) atoms. The van der Waals surface area contributed by atoms with Crippen LogP contribution in [-0.4, -0.2) is 56.2 Å². The van der Waals surface area contributed by atoms with Crippen LogP contribution < -0.4 is 16.0 Å². The second-order valence-corrected chi connectivity index (χ2v) is 8.37. The van der Waals surface area contributed by atoms with Gasteiger partial charge in [-0.3, -0.25) is 10.3 Å². The number of nitrogens with zero attached hydrogens (tertiary/aromatic N) is 2. The second-order valence-electron chi connectivity index (χ2n) is 8.37. The van der Waals surface area contributed by atoms with E-state index in [0.717, 1.165) is 0 Å². The Hall–Kier alpha value is -4.12. The summed E-state index contributed by atoms with van der Waals surface area (Å²) in [5.41, 5.74) is 0.591. The lowest BCUT2D eigenvalue weighted by Gasteiger charge is -2.22. The Bertz CT molecular complexity index is 1210. The molecule has 3 amide bonds. The first-order chi connectivity index (χ1) is 17.5. The van der Waals surface area contributed by atoms with Gasteiger partial charge in [0.05, 0.1) is 24.1 Å². The van der Waals surface area contributed by atoms with Crippen molar-refractivity contribution < 1.29 is 27.8 Å². The van der Waals surface area contributed by atoms with Crippen molar-refractivity contribution in [2.45, 2.75) is 25.9 Å². The number of methoxy groups -OCH3 is 2. The molecular formula is C26H31F2N5O4. The third-order valence-electron chi connectivity index (χ3n) is 5.41. The molecule has 3 N–H and O–H groups in total. The first-order valence-electron chi connectivity index (χ1n) is 11.2. The van der Waals surface area contributed by atoms with Gasteiger partial charge in [0.25, 0.3) is 0 Å². The van der Waals surface area contributed by atoms with Crippen LogP contribution >= 0.6 is 0 Å². The molecule has 0 spiro atoms. The van der Waals surface area contributed by atoms with Gasteiger partial charge in [-0.2, -0.15) is 0 Å². The third-order valence-corrected chi connectivity index (χ3v) is 5.41. The molecule has 2 rings (SSSR count). The monoisotopic (exact) mass is 515 g/mol. The summed E-state index contributed by atoms with van der Waals surface area (Å²) in [5, 5.41) is 7.48. The summed E-state index contributed by atoms with van der Waals surface area (Å²) >= 11 is 0. The lowest BCUT2D eigenvalue weighted by molar-refractivity contribution is 0.0165. The van der Waals surface area contributed by atoms with Gasteiger partial charge in [0, 0.05) is 44.1 Å². The molecule has 0 atom stereocenters. The van der Waals surface area contributed by atoms with Crippen LogP contribution in [0.15, 0.2) is 54.2 Å². The van der Waals surface area contributed by atoms with Crippen molar-refractivity contribution in [3.8, 4) is 0 Å². The number of benzene rings is 1. The van der Waals surface area contributed by atoms with E-state index in [1.807, 2.05) is 13.8 Å². The number of aromatic nitrogens is 1. The van der Waals surface area contributed by atoms with Crippen molar-refractivity contribution in [1.82, 2.24) is 10.3 Å². The molecule has 0 unspecified atom stereocenters. The van der Waals surface area contributed by atoms with Crippen LogP contribution in [0.3, 0.4) is 0 Å². The molecule has 1 aromatic carbocycles. The minimum atomic E-state index is -0.936. The fourth-order valence-corrected chi connectivity index (χ4v) is 3.10. The van der Waals surface area contributed by atoms with Crippen LogP contribution in [0.2, 0.25) is 0 Å². The molecule has 9 nitrogen and oxygen atoms in total. The van der Waals surface area contributed by atoms with Crippen molar-refractivity contribution in [3.63, 3.8) is 0 Å². The van der Waals surface area contributed by atoms with Crippen molar-refractivity contribution in [1.29, 1.82) is 0 Å². The van der Waals surface area contributed by atoms with Crippen LogP contribution in [0.25, 0.3) is 5.57 Å². The van der Waals surface area contributed by atoms with Gasteiger partial charge >= 0.3 is 12.1 Å². The number of hydrogen-bond donors (Lipinski definition) is 3. The minimum Gasteiger partial charge on any atom is -0.453 e. The molecule has 0 saturated carbocycles. The predicted octanol–water partition coefficient (Wildman–Crippen LogP) is 5.16. The zero-order valence-corrected chi connectivity index (χ0v) is 21.4. The van der Waals surface area contributed by atoms with E-state index in [-0.39, 0.29) is 29.2 Å². The van der Waals surface area contributed by atoms with Crippen LogP contribution in [0.1, 0.15) is 31.4 Å². The normalized spacial score (nSPS) is 12.1. The Morgan fingerprint density at radius 2 is 1.89 bits per heavy atom. The van der Waals surface area contributed by atoms with Crippen molar-refractivity contribution in [2.24, 2.45) is 4.99 Å². The van der Waals surface area contributed by atoms with E-state index >= 15 is 0 Å². The first-order valence-corrected chi connectivity index (χ1v) is 11.2. The maximum absolute atomic E-state index is 14.8. The molecule has 1 heterocycles. The Labute approximate surface area is 214 Å². The van der Waals surface area contributed by atoms with Gasteiger partial charge in [0.2, 0.25) is 0 Å². The Morgan fingerprint density at radius 3 is 2.51 bits per heavy atom. The lowest BCUT2D eigenvalue weighted by Crippen LogP contribution is -2.34. The highest BCUT2D eigenvalue weighted by Crippen LogP contribution is 2.27. The summed E-state index contributed by atoms with van der Waals surface area (Å²) in [6, 6.07) is 4.42. The van der Waals surface area contributed by atoms with E-state index in [9.17, 15) is 18.4 Å². The number of aliphatic imine (C=N–C) groups is 1. The first kappa shape index (κ1) is 29.1. The average molecular weight is 516 g/mol. The SMILES string of the molecule is C=C/C(=C\C(=NC)c1ccnc(NC(=O)OC)c1)c1cc(NC(=O)NCCC(C)(C)OC)c(F)cc1F. The van der Waals surface area contributed by atoms with E-state index in [0.29, 0.717) is 23.8 Å². The van der Waals surface area contributed by atoms with Crippen LogP contribution in [0.4, 0.5) is 29.9 Å². The molecule has 0 saturated heterocycles. The van der Waals surface area contributed by atoms with Crippen LogP contribution in [0, 0.1) is 11.6 Å². The number of carbonyl (C=O) groups is 2. The molecule has 0 aliphatic heterocycles. The number of carbonyl (C=O) groups excluding carboxylic acids is 2. The molecule has 198 valence electrons. The third kappa shape index (κ3) is 8.50. The molecule has 0 fully saturated rings. The lowest BCUT2D eigenvalue weighted by atomic mass is 10.00. The summed E-state index contributed by atoms with van der Waals surface area (Å²) in [6.45, 7) is 7.76.